The molecule has 176 valence electrons. The Balaban J connectivity index is 1.73. The van der Waals surface area contributed by atoms with Gasteiger partial charge in [-0.25, -0.2) is 8.42 Å². The van der Waals surface area contributed by atoms with Gasteiger partial charge in [-0.15, -0.1) is 10.2 Å². The highest BCUT2D eigenvalue weighted by atomic mass is 32.2. The molecule has 1 amide bonds. The number of sulfonamides is 1. The van der Waals surface area contributed by atoms with Crippen LogP contribution < -0.4 is 5.32 Å². The van der Waals surface area contributed by atoms with E-state index in [1.165, 1.54) is 27.7 Å². The summed E-state index contributed by atoms with van der Waals surface area (Å²) in [5.74, 6) is -0.152. The highest BCUT2D eigenvalue weighted by Gasteiger charge is 2.24. The molecule has 8 nitrogen and oxygen atoms in total. The number of benzene rings is 2. The summed E-state index contributed by atoms with van der Waals surface area (Å²) in [4.78, 5) is 12.8. The fourth-order valence-electron chi connectivity index (χ4n) is 3.55. The van der Waals surface area contributed by atoms with E-state index in [1.807, 2.05) is 30.5 Å². The predicted molar refractivity (Wildman–Crippen MR) is 131 cm³/mol. The van der Waals surface area contributed by atoms with Gasteiger partial charge >= 0.3 is 0 Å². The van der Waals surface area contributed by atoms with E-state index in [1.54, 1.807) is 39.2 Å². The zero-order valence-corrected chi connectivity index (χ0v) is 21.1. The Kier molecular flexibility index (Phi) is 7.93. The number of thioether (sulfide) groups is 1. The second kappa shape index (κ2) is 10.5. The van der Waals surface area contributed by atoms with Crippen LogP contribution in [0.4, 0.5) is 5.69 Å². The Morgan fingerprint density at radius 3 is 2.45 bits per heavy atom. The molecule has 33 heavy (non-hydrogen) atoms. The van der Waals surface area contributed by atoms with Crippen molar-refractivity contribution >= 4 is 33.4 Å². The van der Waals surface area contributed by atoms with Gasteiger partial charge in [0, 0.05) is 18.8 Å². The Morgan fingerprint density at radius 2 is 1.79 bits per heavy atom. The number of carbonyl (C=O) groups excluding carboxylic acids is 1. The topological polar surface area (TPSA) is 97.2 Å². The molecule has 0 saturated heterocycles. The van der Waals surface area contributed by atoms with Crippen molar-refractivity contribution in [3.05, 3.63) is 59.4 Å². The maximum absolute atomic E-state index is 12.9. The van der Waals surface area contributed by atoms with Gasteiger partial charge in [-0.1, -0.05) is 49.4 Å². The van der Waals surface area contributed by atoms with Gasteiger partial charge in [-0.05, 0) is 50.1 Å². The van der Waals surface area contributed by atoms with E-state index in [9.17, 15) is 13.2 Å². The van der Waals surface area contributed by atoms with Crippen molar-refractivity contribution in [2.45, 2.75) is 44.7 Å². The van der Waals surface area contributed by atoms with Crippen molar-refractivity contribution in [1.29, 1.82) is 0 Å². The predicted octanol–water partition coefficient (Wildman–Crippen LogP) is 3.95. The van der Waals surface area contributed by atoms with Crippen LogP contribution in [0.25, 0.3) is 5.69 Å². The molecule has 0 aliphatic carbocycles. The first-order valence-electron chi connectivity index (χ1n) is 10.7. The Bertz CT molecular complexity index is 1250. The second-order valence-electron chi connectivity index (χ2n) is 7.68. The first kappa shape index (κ1) is 24.9. The number of hydrogen-bond donors (Lipinski definition) is 1. The molecule has 0 bridgehead atoms. The fourth-order valence-corrected chi connectivity index (χ4v) is 5.98. The highest BCUT2D eigenvalue weighted by molar-refractivity contribution is 7.99. The number of hydrogen-bond acceptors (Lipinski definition) is 6. The van der Waals surface area contributed by atoms with Gasteiger partial charge in [0.2, 0.25) is 15.9 Å². The molecule has 0 aliphatic rings. The van der Waals surface area contributed by atoms with Crippen molar-refractivity contribution in [3.8, 4) is 5.69 Å². The monoisotopic (exact) mass is 487 g/mol. The summed E-state index contributed by atoms with van der Waals surface area (Å²) >= 11 is 1.26. The Labute approximate surface area is 199 Å². The summed E-state index contributed by atoms with van der Waals surface area (Å²) in [5, 5.41) is 11.5. The summed E-state index contributed by atoms with van der Waals surface area (Å²) in [7, 11) is -3.63. The zero-order chi connectivity index (χ0) is 24.2. The maximum atomic E-state index is 12.9. The van der Waals surface area contributed by atoms with E-state index < -0.39 is 10.0 Å². The number of nitrogens with one attached hydrogen (secondary N) is 1. The van der Waals surface area contributed by atoms with Crippen molar-refractivity contribution < 1.29 is 13.2 Å². The molecule has 2 aromatic carbocycles. The number of nitrogens with zero attached hydrogens (tertiary/aromatic N) is 4. The number of aromatic nitrogens is 3. The maximum Gasteiger partial charge on any atom is 0.243 e. The number of carbonyl (C=O) groups is 1. The van der Waals surface area contributed by atoms with E-state index in [0.29, 0.717) is 29.5 Å². The molecule has 0 spiro atoms. The summed E-state index contributed by atoms with van der Waals surface area (Å²) in [6.07, 6.45) is 1.63. The molecule has 3 aromatic rings. The van der Waals surface area contributed by atoms with E-state index >= 15 is 0 Å². The first-order chi connectivity index (χ1) is 15.7. The lowest BCUT2D eigenvalue weighted by atomic mass is 10.1. The van der Waals surface area contributed by atoms with Crippen molar-refractivity contribution in [2.24, 2.45) is 0 Å². The highest BCUT2D eigenvalue weighted by Crippen LogP contribution is 2.25. The third kappa shape index (κ3) is 5.63. The van der Waals surface area contributed by atoms with Crippen molar-refractivity contribution in [1.82, 2.24) is 19.1 Å². The molecular weight excluding hydrogens is 458 g/mol. The largest absolute Gasteiger partial charge is 0.325 e. The van der Waals surface area contributed by atoms with Gasteiger partial charge in [0.1, 0.15) is 6.33 Å². The average Bonchev–Trinajstić information content (AvgIpc) is 3.22. The van der Waals surface area contributed by atoms with Crippen LogP contribution >= 0.6 is 11.8 Å². The lowest BCUT2D eigenvalue weighted by Gasteiger charge is -2.20. The van der Waals surface area contributed by atoms with E-state index in [2.05, 4.69) is 21.6 Å². The Morgan fingerprint density at radius 1 is 1.06 bits per heavy atom. The number of aryl methyl sites for hydroxylation is 3. The normalized spacial score (nSPS) is 11.7. The molecule has 1 heterocycles. The van der Waals surface area contributed by atoms with Crippen LogP contribution in [0.3, 0.4) is 0 Å². The lowest BCUT2D eigenvalue weighted by Crippen LogP contribution is -2.31. The molecule has 0 saturated carbocycles. The number of anilines is 1. The zero-order valence-electron chi connectivity index (χ0n) is 19.5. The van der Waals surface area contributed by atoms with Crippen LogP contribution in [0.2, 0.25) is 0 Å². The summed E-state index contributed by atoms with van der Waals surface area (Å²) in [6, 6.07) is 11.0. The minimum Gasteiger partial charge on any atom is -0.325 e. The van der Waals surface area contributed by atoms with E-state index in [0.717, 1.165) is 11.3 Å². The molecule has 10 heteroatoms. The minimum atomic E-state index is -3.63. The quantitative estimate of drug-likeness (QED) is 0.459. The standard InChI is InChI=1S/C23H29N5O3S2/c1-6-27(7-2)33(30,31)21-13-19(10-9-17(21)4)25-22(29)14-32-23-26-24-15-28(23)20-11-8-16(3)12-18(20)5/h8-13,15H,6-7,14H2,1-5H3,(H,25,29). The van der Waals surface area contributed by atoms with Crippen LogP contribution in [-0.4, -0.2) is 52.2 Å². The molecule has 1 N–H and O–H groups in total. The molecule has 1 aromatic heterocycles. The third-order valence-corrected chi connectivity index (χ3v) is 8.39. The average molecular weight is 488 g/mol. The fraction of sp³-hybridized carbons (Fsp3) is 0.348. The van der Waals surface area contributed by atoms with Crippen LogP contribution in [0, 0.1) is 20.8 Å². The van der Waals surface area contributed by atoms with Crippen LogP contribution in [-0.2, 0) is 14.8 Å². The van der Waals surface area contributed by atoms with E-state index in [4.69, 9.17) is 0 Å². The van der Waals surface area contributed by atoms with Crippen LogP contribution in [0.15, 0.2) is 52.8 Å². The van der Waals surface area contributed by atoms with Gasteiger partial charge < -0.3 is 5.32 Å². The molecule has 0 aliphatic heterocycles. The van der Waals surface area contributed by atoms with Gasteiger partial charge in [-0.3, -0.25) is 9.36 Å². The van der Waals surface area contributed by atoms with Gasteiger partial charge in [0.05, 0.1) is 16.3 Å². The molecular formula is C23H29N5O3S2. The van der Waals surface area contributed by atoms with Gasteiger partial charge in [0.25, 0.3) is 0 Å². The summed E-state index contributed by atoms with van der Waals surface area (Å²) < 4.78 is 29.1. The summed E-state index contributed by atoms with van der Waals surface area (Å²) in [5.41, 5.74) is 4.28. The minimum absolute atomic E-state index is 0.107. The van der Waals surface area contributed by atoms with Gasteiger partial charge in [0.15, 0.2) is 5.16 Å². The molecule has 0 atom stereocenters. The van der Waals surface area contributed by atoms with E-state index in [-0.39, 0.29) is 16.6 Å². The summed E-state index contributed by atoms with van der Waals surface area (Å²) in [6.45, 7) is 10.2. The smallest absolute Gasteiger partial charge is 0.243 e. The number of rotatable bonds is 9. The molecule has 3 rings (SSSR count). The first-order valence-corrected chi connectivity index (χ1v) is 13.1. The SMILES string of the molecule is CCN(CC)S(=O)(=O)c1cc(NC(=O)CSc2nncn2-c2ccc(C)cc2C)ccc1C. The second-order valence-corrected chi connectivity index (χ2v) is 10.5. The lowest BCUT2D eigenvalue weighted by molar-refractivity contribution is -0.113. The Hall–Kier alpha value is -2.69. The van der Waals surface area contributed by atoms with Crippen LogP contribution in [0.5, 0.6) is 0 Å². The third-order valence-electron chi connectivity index (χ3n) is 5.26. The molecule has 0 radical (unpaired) electrons. The van der Waals surface area contributed by atoms with Crippen molar-refractivity contribution in [3.63, 3.8) is 0 Å². The molecule has 0 fully saturated rings. The van der Waals surface area contributed by atoms with Gasteiger partial charge in [-0.2, -0.15) is 4.31 Å². The molecule has 0 unspecified atom stereocenters. The van der Waals surface area contributed by atoms with Crippen molar-refractivity contribution in [2.75, 3.05) is 24.2 Å². The van der Waals surface area contributed by atoms with Crippen LogP contribution in [0.1, 0.15) is 30.5 Å². The number of amides is 1.